The van der Waals surface area contributed by atoms with Crippen molar-refractivity contribution in [3.63, 3.8) is 0 Å². The maximum atomic E-state index is 13.6. The van der Waals surface area contributed by atoms with Gasteiger partial charge in [-0.05, 0) is 48.1 Å². The Hall–Kier alpha value is -3.77. The normalized spacial score (nSPS) is 17.4. The van der Waals surface area contributed by atoms with E-state index in [1.807, 2.05) is 30.3 Å². The predicted octanol–water partition coefficient (Wildman–Crippen LogP) is 7.40. The lowest BCUT2D eigenvalue weighted by Crippen LogP contribution is -2.40. The summed E-state index contributed by atoms with van der Waals surface area (Å²) in [6.07, 6.45) is 3.27. The number of piperidine rings is 1. The molecule has 44 heavy (non-hydrogen) atoms. The fourth-order valence-electron chi connectivity index (χ4n) is 6.75. The molecule has 6 rings (SSSR count). The lowest BCUT2D eigenvalue weighted by molar-refractivity contribution is 0.0139. The van der Waals surface area contributed by atoms with Crippen LogP contribution in [0.1, 0.15) is 64.7 Å². The van der Waals surface area contributed by atoms with Crippen LogP contribution in [0, 0.1) is 0 Å². The third kappa shape index (κ3) is 7.84. The van der Waals surface area contributed by atoms with Gasteiger partial charge in [-0.3, -0.25) is 9.69 Å². The van der Waals surface area contributed by atoms with Crippen LogP contribution in [-0.4, -0.2) is 67.6 Å². The van der Waals surface area contributed by atoms with Crippen molar-refractivity contribution in [2.75, 3.05) is 45.9 Å². The van der Waals surface area contributed by atoms with E-state index in [0.29, 0.717) is 17.9 Å². The van der Waals surface area contributed by atoms with Crippen LogP contribution in [-0.2, 0) is 4.74 Å². The van der Waals surface area contributed by atoms with Gasteiger partial charge in [-0.15, -0.1) is 0 Å². The molecule has 5 nitrogen and oxygen atoms in total. The first kappa shape index (κ1) is 30.3. The molecule has 4 aromatic rings. The van der Waals surface area contributed by atoms with Gasteiger partial charge in [0.15, 0.2) is 5.78 Å². The average Bonchev–Trinajstić information content (AvgIpc) is 3.10. The molecule has 2 fully saturated rings. The molecule has 0 aliphatic carbocycles. The van der Waals surface area contributed by atoms with Crippen LogP contribution in [0.15, 0.2) is 115 Å². The third-order valence-corrected chi connectivity index (χ3v) is 9.18. The van der Waals surface area contributed by atoms with Crippen molar-refractivity contribution in [1.82, 2.24) is 9.80 Å². The zero-order chi connectivity index (χ0) is 30.0. The molecule has 0 spiro atoms. The Morgan fingerprint density at radius 2 is 1.25 bits per heavy atom. The van der Waals surface area contributed by atoms with Gasteiger partial charge in [0.25, 0.3) is 0 Å². The second-order valence-electron chi connectivity index (χ2n) is 12.0. The highest BCUT2D eigenvalue weighted by Crippen LogP contribution is 2.31. The molecule has 0 N–H and O–H groups in total. The SMILES string of the molecule is O=C(CCC(c1ccccc1)N1CCOCC1)c1ccccc1OC1CCN(CC(c2ccccc2)c2ccccc2)CC1. The minimum atomic E-state index is 0.109. The molecule has 5 heteroatoms. The lowest BCUT2D eigenvalue weighted by Gasteiger charge is -2.35. The van der Waals surface area contributed by atoms with E-state index in [-0.39, 0.29) is 17.9 Å². The van der Waals surface area contributed by atoms with E-state index in [1.54, 1.807) is 0 Å². The van der Waals surface area contributed by atoms with Crippen molar-refractivity contribution in [3.05, 3.63) is 138 Å². The Labute approximate surface area is 262 Å². The Morgan fingerprint density at radius 3 is 1.86 bits per heavy atom. The summed E-state index contributed by atoms with van der Waals surface area (Å²) in [5.41, 5.74) is 4.68. The van der Waals surface area contributed by atoms with Crippen LogP contribution >= 0.6 is 0 Å². The molecule has 1 atom stereocenters. The van der Waals surface area contributed by atoms with Crippen molar-refractivity contribution in [2.24, 2.45) is 0 Å². The molecule has 228 valence electrons. The largest absolute Gasteiger partial charge is 0.490 e. The summed E-state index contributed by atoms with van der Waals surface area (Å²) in [5, 5.41) is 0. The topological polar surface area (TPSA) is 42.0 Å². The number of ether oxygens (including phenoxy) is 2. The van der Waals surface area contributed by atoms with Gasteiger partial charge in [-0.2, -0.15) is 0 Å². The molecule has 2 saturated heterocycles. The zero-order valence-corrected chi connectivity index (χ0v) is 25.6. The van der Waals surface area contributed by atoms with Gasteiger partial charge < -0.3 is 14.4 Å². The quantitative estimate of drug-likeness (QED) is 0.161. The minimum absolute atomic E-state index is 0.109. The van der Waals surface area contributed by atoms with Crippen LogP contribution in [0.4, 0.5) is 0 Å². The highest BCUT2D eigenvalue weighted by atomic mass is 16.5. The average molecular weight is 589 g/mol. The smallest absolute Gasteiger partial charge is 0.166 e. The lowest BCUT2D eigenvalue weighted by atomic mass is 9.90. The second-order valence-corrected chi connectivity index (χ2v) is 12.0. The minimum Gasteiger partial charge on any atom is -0.490 e. The van der Waals surface area contributed by atoms with E-state index in [0.717, 1.165) is 70.9 Å². The summed E-state index contributed by atoms with van der Waals surface area (Å²) in [5.74, 6) is 1.22. The Balaban J connectivity index is 1.06. The number of Topliss-reactive ketones (excluding diaryl/α,β-unsaturated/α-hetero) is 1. The van der Waals surface area contributed by atoms with Crippen LogP contribution in [0.25, 0.3) is 0 Å². The van der Waals surface area contributed by atoms with E-state index in [1.165, 1.54) is 16.7 Å². The van der Waals surface area contributed by atoms with E-state index < -0.39 is 0 Å². The number of nitrogens with zero attached hydrogens (tertiary/aromatic N) is 2. The molecule has 1 unspecified atom stereocenters. The van der Waals surface area contributed by atoms with Crippen molar-refractivity contribution < 1.29 is 14.3 Å². The van der Waals surface area contributed by atoms with Crippen LogP contribution < -0.4 is 4.74 Å². The monoisotopic (exact) mass is 588 g/mol. The molecule has 0 saturated carbocycles. The Kier molecular flexibility index (Phi) is 10.5. The first-order valence-electron chi connectivity index (χ1n) is 16.2. The fraction of sp³-hybridized carbons (Fsp3) is 0.359. The van der Waals surface area contributed by atoms with Gasteiger partial charge in [-0.25, -0.2) is 0 Å². The first-order chi connectivity index (χ1) is 21.7. The highest BCUT2D eigenvalue weighted by Gasteiger charge is 2.27. The number of carbonyl (C=O) groups is 1. The number of ketones is 1. The Morgan fingerprint density at radius 1 is 0.705 bits per heavy atom. The van der Waals surface area contributed by atoms with Crippen LogP contribution in [0.5, 0.6) is 5.75 Å². The third-order valence-electron chi connectivity index (χ3n) is 9.18. The highest BCUT2D eigenvalue weighted by molar-refractivity contribution is 5.98. The number of likely N-dealkylation sites (tertiary alicyclic amines) is 1. The van der Waals surface area contributed by atoms with Crippen molar-refractivity contribution >= 4 is 5.78 Å². The van der Waals surface area contributed by atoms with Gasteiger partial charge in [0.1, 0.15) is 11.9 Å². The summed E-state index contributed by atoms with van der Waals surface area (Å²) >= 11 is 0. The summed E-state index contributed by atoms with van der Waals surface area (Å²) in [4.78, 5) is 18.7. The van der Waals surface area contributed by atoms with E-state index in [2.05, 4.69) is 94.7 Å². The summed E-state index contributed by atoms with van der Waals surface area (Å²) in [7, 11) is 0. The molecule has 0 amide bonds. The molecule has 2 aliphatic rings. The van der Waals surface area contributed by atoms with Crippen molar-refractivity contribution in [2.45, 2.75) is 43.7 Å². The van der Waals surface area contributed by atoms with E-state index in [4.69, 9.17) is 9.47 Å². The second kappa shape index (κ2) is 15.3. The van der Waals surface area contributed by atoms with Crippen molar-refractivity contribution in [1.29, 1.82) is 0 Å². The maximum absolute atomic E-state index is 13.6. The number of hydrogen-bond donors (Lipinski definition) is 0. The molecule has 0 bridgehead atoms. The van der Waals surface area contributed by atoms with E-state index in [9.17, 15) is 4.79 Å². The Bertz CT molecular complexity index is 1390. The molecule has 2 heterocycles. The maximum Gasteiger partial charge on any atom is 0.166 e. The van der Waals surface area contributed by atoms with Gasteiger partial charge >= 0.3 is 0 Å². The summed E-state index contributed by atoms with van der Waals surface area (Å²) in [6, 6.07) is 40.3. The number of benzene rings is 4. The number of rotatable bonds is 12. The van der Waals surface area contributed by atoms with E-state index >= 15 is 0 Å². The zero-order valence-electron chi connectivity index (χ0n) is 25.6. The molecule has 0 aromatic heterocycles. The van der Waals surface area contributed by atoms with Gasteiger partial charge in [-0.1, -0.05) is 103 Å². The van der Waals surface area contributed by atoms with Crippen molar-refractivity contribution in [3.8, 4) is 5.75 Å². The van der Waals surface area contributed by atoms with Crippen LogP contribution in [0.3, 0.4) is 0 Å². The molecular weight excluding hydrogens is 544 g/mol. The number of morpholine rings is 1. The number of hydrogen-bond acceptors (Lipinski definition) is 5. The predicted molar refractivity (Wildman–Crippen MR) is 176 cm³/mol. The first-order valence-corrected chi connectivity index (χ1v) is 16.2. The summed E-state index contributed by atoms with van der Waals surface area (Å²) < 4.78 is 12.2. The van der Waals surface area contributed by atoms with Gasteiger partial charge in [0.05, 0.1) is 18.8 Å². The van der Waals surface area contributed by atoms with Gasteiger partial charge in [0, 0.05) is 51.1 Å². The number of para-hydroxylation sites is 1. The van der Waals surface area contributed by atoms with Crippen LogP contribution in [0.2, 0.25) is 0 Å². The fourth-order valence-corrected chi connectivity index (χ4v) is 6.75. The summed E-state index contributed by atoms with van der Waals surface area (Å²) in [6.45, 7) is 6.22. The van der Waals surface area contributed by atoms with Gasteiger partial charge in [0.2, 0.25) is 0 Å². The standard InChI is InChI=1S/C39H44N2O3/c42-38(21-20-37(33-16-8-3-9-17-33)41-26-28-43-29-27-41)35-18-10-11-19-39(35)44-34-22-24-40(25-23-34)30-36(31-12-4-1-5-13-31)32-14-6-2-7-15-32/h1-19,34,36-37H,20-30H2. The number of carbonyl (C=O) groups excluding carboxylic acids is 1. The molecule has 4 aromatic carbocycles. The molecule has 2 aliphatic heterocycles. The molecule has 0 radical (unpaired) electrons. The molecular formula is C39H44N2O3.